The van der Waals surface area contributed by atoms with Crippen LogP contribution in [0.1, 0.15) is 36.2 Å². The van der Waals surface area contributed by atoms with Gasteiger partial charge < -0.3 is 17.0 Å². The van der Waals surface area contributed by atoms with Crippen molar-refractivity contribution in [2.45, 2.75) is 19.7 Å². The number of hydrogen-bond donors (Lipinski definition) is 0. The predicted octanol–water partition coefficient (Wildman–Crippen LogP) is -1.44. The Labute approximate surface area is 89.3 Å². The second-order valence-corrected chi connectivity index (χ2v) is 1.28. The van der Waals surface area contributed by atoms with E-state index in [1.54, 1.807) is 0 Å². The van der Waals surface area contributed by atoms with Crippen molar-refractivity contribution >= 4 is 0 Å². The van der Waals surface area contributed by atoms with E-state index in [2.05, 4.69) is 0 Å². The minimum Gasteiger partial charge on any atom is -1.00 e. The highest BCUT2D eigenvalue weighted by Crippen LogP contribution is 1.88. The fourth-order valence-corrected chi connectivity index (χ4v) is 0.339. The van der Waals surface area contributed by atoms with Crippen LogP contribution in [0.5, 0.6) is 0 Å². The Balaban J connectivity index is 0.00000441. The maximum absolute atomic E-state index is 7.88. The molecule has 10 heavy (non-hydrogen) atoms. The number of pyridine rings is 1. The lowest BCUT2D eigenvalue weighted by molar-refractivity contribution is -0.716. The zero-order chi connectivity index (χ0) is 17.0. The highest BCUT2D eigenvalue weighted by molar-refractivity contribution is 4.83. The summed E-state index contributed by atoms with van der Waals surface area (Å²) in [6, 6.07) is -6.05. The van der Waals surface area contributed by atoms with Gasteiger partial charge in [-0.15, -0.1) is 0 Å². The lowest BCUT2D eigenvalue weighted by Gasteiger charge is -1.96. The molecule has 0 amide bonds. The summed E-state index contributed by atoms with van der Waals surface area (Å²) >= 11 is 0. The van der Waals surface area contributed by atoms with Crippen molar-refractivity contribution in [3.63, 3.8) is 0 Å². The van der Waals surface area contributed by atoms with E-state index in [4.69, 9.17) is 16.4 Å². The van der Waals surface area contributed by atoms with Crippen LogP contribution < -0.4 is 21.5 Å². The van der Waals surface area contributed by atoms with E-state index in [1.165, 1.54) is 0 Å². The Morgan fingerprint density at radius 3 is 2.50 bits per heavy atom. The first-order chi connectivity index (χ1) is 9.18. The van der Waals surface area contributed by atoms with Crippen molar-refractivity contribution < 1.29 is 38.0 Å². The molecule has 56 valence electrons. The lowest BCUT2D eigenvalue weighted by atomic mass is 10.3. The molecule has 0 bridgehead atoms. The smallest absolute Gasteiger partial charge is 0.169 e. The van der Waals surface area contributed by atoms with Crippen LogP contribution in [-0.4, -0.2) is 0 Å². The van der Waals surface area contributed by atoms with Crippen molar-refractivity contribution in [2.24, 2.45) is 0 Å². The van der Waals surface area contributed by atoms with Crippen LogP contribution >= 0.6 is 0 Å². The van der Waals surface area contributed by atoms with Gasteiger partial charge in [0.1, 0.15) is 4.11 Å². The fourth-order valence-electron chi connectivity index (χ4n) is 0.339. The molecule has 0 radical (unpaired) electrons. The standard InChI is InChI=1S/C8H12N.BrH/c1-8(2)9-6-4-3-5-7-9;/h3-8H,1-2H3;1H/q+1;/p-1/i1D3,2D3,3D,4D,5D,6D,7D,8D;. The maximum atomic E-state index is 7.88. The van der Waals surface area contributed by atoms with Gasteiger partial charge in [-0.2, -0.15) is 0 Å². The SMILES string of the molecule is [2H]c1c([2H])c([2H])[n+](C([2H])(C([2H])([2H])[2H])C([2H])([2H])[2H])c([2H])c1[2H].[Br-]. The third-order valence-corrected chi connectivity index (χ3v) is 0.684. The van der Waals surface area contributed by atoms with Gasteiger partial charge in [0.05, 0.1) is 4.11 Å². The molecule has 1 nitrogen and oxygen atoms in total. The summed E-state index contributed by atoms with van der Waals surface area (Å²) in [6.07, 6.45) is -2.16. The quantitative estimate of drug-likeness (QED) is 0.504. The first-order valence-corrected chi connectivity index (χ1v) is 2.17. The number of aromatic nitrogens is 1. The zero-order valence-electron chi connectivity index (χ0n) is 16.8. The Bertz CT molecular complexity index is 533. The van der Waals surface area contributed by atoms with Crippen molar-refractivity contribution in [2.75, 3.05) is 0 Å². The average molecular weight is 214 g/mol. The van der Waals surface area contributed by atoms with Crippen LogP contribution in [0, 0.1) is 0 Å². The van der Waals surface area contributed by atoms with Gasteiger partial charge in [-0.3, -0.25) is 0 Å². The second kappa shape index (κ2) is 4.45. The average Bonchev–Trinajstić information content (AvgIpc) is 2.31. The monoisotopic (exact) mass is 213 g/mol. The van der Waals surface area contributed by atoms with Crippen molar-refractivity contribution in [1.29, 1.82) is 0 Å². The van der Waals surface area contributed by atoms with Gasteiger partial charge in [0.15, 0.2) is 18.4 Å². The summed E-state index contributed by atoms with van der Waals surface area (Å²) in [4.78, 5) is 0. The number of hydrogen-bond acceptors (Lipinski definition) is 0. The summed E-state index contributed by atoms with van der Waals surface area (Å²) in [5, 5.41) is 0. The normalized spacial score (nSPS) is 30.0. The summed E-state index contributed by atoms with van der Waals surface area (Å²) in [6.45, 7) is -6.89. The van der Waals surface area contributed by atoms with Crippen molar-refractivity contribution in [3.8, 4) is 0 Å². The van der Waals surface area contributed by atoms with E-state index in [9.17, 15) is 0 Å². The van der Waals surface area contributed by atoms with E-state index in [-0.39, 0.29) is 21.5 Å². The molecule has 0 aliphatic rings. The molecule has 0 N–H and O–H groups in total. The van der Waals surface area contributed by atoms with Gasteiger partial charge >= 0.3 is 0 Å². The third kappa shape index (κ3) is 2.48. The number of nitrogens with zero attached hydrogens (tertiary/aromatic N) is 1. The predicted molar refractivity (Wildman–Crippen MR) is 37.0 cm³/mol. The molecular weight excluding hydrogens is 190 g/mol. The van der Waals surface area contributed by atoms with E-state index in [0.29, 0.717) is 0 Å². The van der Waals surface area contributed by atoms with Gasteiger partial charge in [-0.25, -0.2) is 4.57 Å². The van der Waals surface area contributed by atoms with Crippen molar-refractivity contribution in [3.05, 3.63) is 30.5 Å². The topological polar surface area (TPSA) is 3.88 Å². The summed E-state index contributed by atoms with van der Waals surface area (Å²) in [7, 11) is 0. The molecule has 1 aromatic heterocycles. The van der Waals surface area contributed by atoms with Crippen LogP contribution in [0.4, 0.5) is 0 Å². The Kier molecular flexibility index (Phi) is 0.749. The Morgan fingerprint density at radius 1 is 1.40 bits per heavy atom. The first-order valence-electron chi connectivity index (χ1n) is 8.17. The minimum absolute atomic E-state index is 0. The molecule has 2 heteroatoms. The van der Waals surface area contributed by atoms with Gasteiger partial charge in [-0.05, 0) is 13.7 Å². The molecule has 1 aromatic rings. The number of halogens is 1. The zero-order valence-corrected chi connectivity index (χ0v) is 6.41. The Hall–Kier alpha value is -0.370. The van der Waals surface area contributed by atoms with E-state index in [0.717, 1.165) is 0 Å². The largest absolute Gasteiger partial charge is 1.00 e. The third-order valence-electron chi connectivity index (χ3n) is 0.684. The molecular formula is C8H12BrN. The van der Waals surface area contributed by atoms with Crippen LogP contribution in [-0.2, 0) is 0 Å². The molecule has 0 aromatic carbocycles. The lowest BCUT2D eigenvalue weighted by Crippen LogP contribution is -3.00. The van der Waals surface area contributed by atoms with Crippen molar-refractivity contribution in [1.82, 2.24) is 0 Å². The molecule has 0 saturated carbocycles. The molecule has 0 unspecified atom stereocenters. The summed E-state index contributed by atoms with van der Waals surface area (Å²) in [5.74, 6) is 0. The van der Waals surface area contributed by atoms with Gasteiger partial charge in [0.2, 0.25) is 0 Å². The summed E-state index contributed by atoms with van der Waals surface area (Å²) < 4.78 is 89.2. The van der Waals surface area contributed by atoms with Crippen LogP contribution in [0.15, 0.2) is 30.5 Å². The Morgan fingerprint density at radius 2 is 2.00 bits per heavy atom. The molecule has 1 rings (SSSR count). The minimum atomic E-state index is -3.45. The molecule has 0 aliphatic carbocycles. The fraction of sp³-hybridized carbons (Fsp3) is 0.375. The summed E-state index contributed by atoms with van der Waals surface area (Å²) in [5.41, 5.74) is 0. The molecule has 0 atom stereocenters. The van der Waals surface area contributed by atoms with E-state index < -0.39 is 50.2 Å². The van der Waals surface area contributed by atoms with Gasteiger partial charge in [0.25, 0.3) is 0 Å². The maximum Gasteiger partial charge on any atom is 0.169 e. The molecule has 0 aliphatic heterocycles. The molecule has 0 fully saturated rings. The van der Waals surface area contributed by atoms with Gasteiger partial charge in [0, 0.05) is 20.3 Å². The van der Waals surface area contributed by atoms with E-state index >= 15 is 0 Å². The highest BCUT2D eigenvalue weighted by atomic mass is 79.9. The molecule has 0 saturated heterocycles. The molecule has 0 spiro atoms. The van der Waals surface area contributed by atoms with Crippen LogP contribution in [0.3, 0.4) is 0 Å². The van der Waals surface area contributed by atoms with Crippen LogP contribution in [0.25, 0.3) is 0 Å². The highest BCUT2D eigenvalue weighted by Gasteiger charge is 2.00. The van der Waals surface area contributed by atoms with E-state index in [1.807, 2.05) is 0 Å². The molecule has 1 heterocycles. The van der Waals surface area contributed by atoms with Gasteiger partial charge in [-0.1, -0.05) is 6.04 Å². The van der Waals surface area contributed by atoms with Crippen LogP contribution in [0.2, 0.25) is 0 Å². The second-order valence-electron chi connectivity index (χ2n) is 1.28. The first kappa shape index (κ1) is 1.69. The number of rotatable bonds is 1.